The van der Waals surface area contributed by atoms with Crippen LogP contribution in [0.2, 0.25) is 0 Å². The summed E-state index contributed by atoms with van der Waals surface area (Å²) >= 11 is 0. The van der Waals surface area contributed by atoms with Gasteiger partial charge in [-0.15, -0.1) is 0 Å². The average Bonchev–Trinajstić information content (AvgIpc) is 3.03. The molecule has 128 valence electrons. The number of rotatable bonds is 7. The largest absolute Gasteiger partial charge is 0.491 e. The van der Waals surface area contributed by atoms with Crippen LogP contribution in [0, 0.1) is 0 Å². The lowest BCUT2D eigenvalue weighted by atomic mass is 10.2. The lowest BCUT2D eigenvalue weighted by molar-refractivity contribution is 0.0428. The molecule has 0 aliphatic carbocycles. The molecule has 2 aliphatic rings. The van der Waals surface area contributed by atoms with Gasteiger partial charge in [0, 0.05) is 45.3 Å². The lowest BCUT2D eigenvalue weighted by Crippen LogP contribution is -2.49. The zero-order chi connectivity index (χ0) is 16.1. The molecule has 2 aliphatic heterocycles. The van der Waals surface area contributed by atoms with Crippen LogP contribution in [0.5, 0.6) is 17.2 Å². The Balaban J connectivity index is 1.39. The maximum absolute atomic E-state index is 10.1. The molecule has 3 rings (SSSR count). The number of aliphatic hydroxyl groups is 2. The molecule has 2 heterocycles. The van der Waals surface area contributed by atoms with E-state index in [1.54, 1.807) is 6.07 Å². The van der Waals surface area contributed by atoms with Gasteiger partial charge in [0.2, 0.25) is 6.79 Å². The van der Waals surface area contributed by atoms with Gasteiger partial charge in [-0.1, -0.05) is 0 Å². The van der Waals surface area contributed by atoms with Crippen LogP contribution in [-0.4, -0.2) is 85.4 Å². The van der Waals surface area contributed by atoms with Crippen molar-refractivity contribution in [2.24, 2.45) is 0 Å². The summed E-state index contributed by atoms with van der Waals surface area (Å²) in [5.74, 6) is 2.07. The zero-order valence-corrected chi connectivity index (χ0v) is 13.2. The predicted octanol–water partition coefficient (Wildman–Crippen LogP) is -0.235. The molecule has 0 saturated carbocycles. The molecule has 7 nitrogen and oxygen atoms in total. The van der Waals surface area contributed by atoms with Crippen LogP contribution in [0.25, 0.3) is 0 Å². The first-order valence-electron chi connectivity index (χ1n) is 8.00. The van der Waals surface area contributed by atoms with Gasteiger partial charge in [-0.2, -0.15) is 0 Å². The fourth-order valence-electron chi connectivity index (χ4n) is 2.85. The van der Waals surface area contributed by atoms with E-state index in [9.17, 15) is 5.11 Å². The summed E-state index contributed by atoms with van der Waals surface area (Å²) in [6, 6.07) is 5.40. The first-order chi connectivity index (χ1) is 11.2. The molecule has 0 spiro atoms. The highest BCUT2D eigenvalue weighted by Gasteiger charge is 2.19. The molecule has 1 fully saturated rings. The van der Waals surface area contributed by atoms with Crippen LogP contribution < -0.4 is 14.2 Å². The summed E-state index contributed by atoms with van der Waals surface area (Å²) in [6.45, 7) is 5.67. The van der Waals surface area contributed by atoms with Gasteiger partial charge in [0.25, 0.3) is 0 Å². The third kappa shape index (κ3) is 4.48. The van der Waals surface area contributed by atoms with Crippen molar-refractivity contribution in [1.82, 2.24) is 9.80 Å². The molecule has 1 atom stereocenters. The summed E-state index contributed by atoms with van der Waals surface area (Å²) in [5.41, 5.74) is 0. The van der Waals surface area contributed by atoms with E-state index in [0.717, 1.165) is 38.5 Å². The molecule has 1 aromatic carbocycles. The maximum Gasteiger partial charge on any atom is 0.231 e. The van der Waals surface area contributed by atoms with Crippen LogP contribution in [0.4, 0.5) is 0 Å². The summed E-state index contributed by atoms with van der Waals surface area (Å²) in [6.07, 6.45) is -0.537. The first-order valence-corrected chi connectivity index (χ1v) is 8.00. The summed E-state index contributed by atoms with van der Waals surface area (Å²) in [7, 11) is 0. The molecule has 0 bridgehead atoms. The number of hydrogen-bond donors (Lipinski definition) is 2. The molecule has 0 amide bonds. The van der Waals surface area contributed by atoms with Crippen molar-refractivity contribution in [3.8, 4) is 17.2 Å². The second-order valence-corrected chi connectivity index (χ2v) is 5.85. The predicted molar refractivity (Wildman–Crippen MR) is 84.0 cm³/mol. The summed E-state index contributed by atoms with van der Waals surface area (Å²) in [5, 5.41) is 19.1. The van der Waals surface area contributed by atoms with Crippen LogP contribution >= 0.6 is 0 Å². The standard InChI is InChI=1S/C16H24N2O5/c19-8-7-17-3-5-18(6-4-17)10-13(20)11-21-14-1-2-15-16(9-14)23-12-22-15/h1-2,9,13,19-20H,3-8,10-12H2/t13-/m0/s1. The normalized spacial score (nSPS) is 19.7. The second kappa shape index (κ2) is 7.83. The van der Waals surface area contributed by atoms with E-state index in [1.807, 2.05) is 12.1 Å². The highest BCUT2D eigenvalue weighted by Crippen LogP contribution is 2.35. The fraction of sp³-hybridized carbons (Fsp3) is 0.625. The van der Waals surface area contributed by atoms with Crippen LogP contribution in [0.1, 0.15) is 0 Å². The smallest absolute Gasteiger partial charge is 0.231 e. The van der Waals surface area contributed by atoms with Crippen LogP contribution in [-0.2, 0) is 0 Å². The second-order valence-electron chi connectivity index (χ2n) is 5.85. The quantitative estimate of drug-likeness (QED) is 0.717. The highest BCUT2D eigenvalue weighted by molar-refractivity contribution is 5.46. The van der Waals surface area contributed by atoms with Gasteiger partial charge in [-0.3, -0.25) is 9.80 Å². The van der Waals surface area contributed by atoms with Crippen molar-refractivity contribution in [2.45, 2.75) is 6.10 Å². The summed E-state index contributed by atoms with van der Waals surface area (Å²) < 4.78 is 16.2. The van der Waals surface area contributed by atoms with E-state index in [4.69, 9.17) is 19.3 Å². The molecule has 1 aromatic rings. The van der Waals surface area contributed by atoms with Gasteiger partial charge in [0.05, 0.1) is 6.61 Å². The number of ether oxygens (including phenoxy) is 3. The number of hydrogen-bond acceptors (Lipinski definition) is 7. The SMILES string of the molecule is OCCN1CCN(C[C@H](O)COc2ccc3c(c2)OCO3)CC1. The molecule has 0 radical (unpaired) electrons. The van der Waals surface area contributed by atoms with Crippen molar-refractivity contribution in [2.75, 3.05) is 59.3 Å². The number of fused-ring (bicyclic) bond motifs is 1. The van der Waals surface area contributed by atoms with E-state index in [2.05, 4.69) is 9.80 Å². The molecule has 7 heteroatoms. The van der Waals surface area contributed by atoms with Gasteiger partial charge < -0.3 is 24.4 Å². The number of nitrogens with zero attached hydrogens (tertiary/aromatic N) is 2. The monoisotopic (exact) mass is 324 g/mol. The number of β-amino-alcohol motifs (C(OH)–C–C–N with tert-alkyl or cyclic N) is 2. The third-order valence-corrected chi connectivity index (χ3v) is 4.14. The average molecular weight is 324 g/mol. The minimum atomic E-state index is -0.537. The Bertz CT molecular complexity index is 505. The van der Waals surface area contributed by atoms with E-state index < -0.39 is 6.10 Å². The van der Waals surface area contributed by atoms with E-state index in [-0.39, 0.29) is 20.0 Å². The molecule has 1 saturated heterocycles. The highest BCUT2D eigenvalue weighted by atomic mass is 16.7. The Morgan fingerprint density at radius 2 is 1.83 bits per heavy atom. The van der Waals surface area contributed by atoms with E-state index in [1.165, 1.54) is 0 Å². The molecular weight excluding hydrogens is 300 g/mol. The van der Waals surface area contributed by atoms with Crippen molar-refractivity contribution in [1.29, 1.82) is 0 Å². The number of piperazine rings is 1. The Hall–Kier alpha value is -1.54. The van der Waals surface area contributed by atoms with Crippen molar-refractivity contribution in [3.63, 3.8) is 0 Å². The Kier molecular flexibility index (Phi) is 5.56. The van der Waals surface area contributed by atoms with Gasteiger partial charge in [-0.05, 0) is 12.1 Å². The van der Waals surface area contributed by atoms with Gasteiger partial charge in [-0.25, -0.2) is 0 Å². The van der Waals surface area contributed by atoms with Crippen molar-refractivity contribution < 1.29 is 24.4 Å². The molecule has 2 N–H and O–H groups in total. The minimum Gasteiger partial charge on any atom is -0.491 e. The Morgan fingerprint density at radius 3 is 2.61 bits per heavy atom. The van der Waals surface area contributed by atoms with Gasteiger partial charge in [0.1, 0.15) is 18.5 Å². The van der Waals surface area contributed by atoms with Crippen molar-refractivity contribution >= 4 is 0 Å². The Labute approximate surface area is 136 Å². The molecule has 0 unspecified atom stereocenters. The van der Waals surface area contributed by atoms with Gasteiger partial charge >= 0.3 is 0 Å². The molecule has 0 aromatic heterocycles. The minimum absolute atomic E-state index is 0.200. The van der Waals surface area contributed by atoms with E-state index in [0.29, 0.717) is 18.0 Å². The first kappa shape index (κ1) is 16.3. The third-order valence-electron chi connectivity index (χ3n) is 4.14. The number of benzene rings is 1. The summed E-state index contributed by atoms with van der Waals surface area (Å²) in [4.78, 5) is 4.45. The van der Waals surface area contributed by atoms with Crippen LogP contribution in [0.15, 0.2) is 18.2 Å². The van der Waals surface area contributed by atoms with Crippen LogP contribution in [0.3, 0.4) is 0 Å². The molecule has 23 heavy (non-hydrogen) atoms. The molecular formula is C16H24N2O5. The van der Waals surface area contributed by atoms with Gasteiger partial charge in [0.15, 0.2) is 11.5 Å². The topological polar surface area (TPSA) is 74.6 Å². The number of aliphatic hydroxyl groups excluding tert-OH is 2. The van der Waals surface area contributed by atoms with Crippen molar-refractivity contribution in [3.05, 3.63) is 18.2 Å². The lowest BCUT2D eigenvalue weighted by Gasteiger charge is -2.35. The zero-order valence-electron chi connectivity index (χ0n) is 13.2. The maximum atomic E-state index is 10.1. The fourth-order valence-corrected chi connectivity index (χ4v) is 2.85. The van der Waals surface area contributed by atoms with E-state index >= 15 is 0 Å². The Morgan fingerprint density at radius 1 is 1.09 bits per heavy atom.